The summed E-state index contributed by atoms with van der Waals surface area (Å²) in [6.07, 6.45) is 4.78. The van der Waals surface area contributed by atoms with E-state index in [0.717, 1.165) is 23.5 Å². The first-order valence-corrected chi connectivity index (χ1v) is 10.5. The van der Waals surface area contributed by atoms with Crippen LogP contribution in [0.4, 0.5) is 18.9 Å². The van der Waals surface area contributed by atoms with E-state index in [4.69, 9.17) is 10.5 Å². The smallest absolute Gasteiger partial charge is 0.194 e. The highest BCUT2D eigenvalue weighted by Crippen LogP contribution is 2.28. The van der Waals surface area contributed by atoms with Crippen LogP contribution in [-0.4, -0.2) is 33.1 Å². The summed E-state index contributed by atoms with van der Waals surface area (Å²) in [5.41, 5.74) is 6.52. The lowest BCUT2D eigenvalue weighted by Gasteiger charge is -2.19. The molecule has 2 aromatic carbocycles. The third-order valence-electron chi connectivity index (χ3n) is 4.95. The molecule has 0 unspecified atom stereocenters. The molecule has 0 aliphatic rings. The normalized spacial score (nSPS) is 12.6. The summed E-state index contributed by atoms with van der Waals surface area (Å²) in [6.45, 7) is 8.65. The standard InChI is InChI=1S/C25H26F3N5O2/c1-14-12-33(13-30-14)21-7-6-17(10-22(21)35-5)31-15(2)32-23(25(3,4)34)11-20(29)16-8-18(26)24(28)19(27)9-16/h6-13,31,34H,2,29H2,1,3-5H3/b20-11-,32-23+. The Labute approximate surface area is 201 Å². The van der Waals surface area contributed by atoms with E-state index < -0.39 is 23.1 Å². The average Bonchev–Trinajstić information content (AvgIpc) is 3.21. The zero-order chi connectivity index (χ0) is 25.9. The second kappa shape index (κ2) is 10.1. The number of nitrogens with two attached hydrogens (primary N) is 1. The Balaban J connectivity index is 1.89. The molecule has 3 rings (SSSR count). The Morgan fingerprint density at radius 1 is 1.23 bits per heavy atom. The van der Waals surface area contributed by atoms with Gasteiger partial charge in [0.15, 0.2) is 17.5 Å². The number of ether oxygens (including phenoxy) is 1. The number of nitrogens with zero attached hydrogens (tertiary/aromatic N) is 3. The van der Waals surface area contributed by atoms with E-state index in [1.54, 1.807) is 25.6 Å². The Kier molecular flexibility index (Phi) is 7.35. The van der Waals surface area contributed by atoms with Gasteiger partial charge in [0.05, 0.1) is 30.5 Å². The van der Waals surface area contributed by atoms with Crippen LogP contribution < -0.4 is 15.8 Å². The molecule has 4 N–H and O–H groups in total. The second-order valence-corrected chi connectivity index (χ2v) is 8.29. The van der Waals surface area contributed by atoms with E-state index in [1.807, 2.05) is 23.8 Å². The molecule has 0 saturated heterocycles. The molecular weight excluding hydrogens is 459 g/mol. The van der Waals surface area contributed by atoms with Crippen LogP contribution in [0.25, 0.3) is 11.4 Å². The summed E-state index contributed by atoms with van der Waals surface area (Å²) < 4.78 is 47.8. The van der Waals surface area contributed by atoms with Gasteiger partial charge in [0, 0.05) is 29.2 Å². The fraction of sp³-hybridized carbons (Fsp3) is 0.200. The number of aliphatic hydroxyl groups is 1. The molecule has 1 heterocycles. The van der Waals surface area contributed by atoms with E-state index in [-0.39, 0.29) is 22.8 Å². The molecule has 0 bridgehead atoms. The van der Waals surface area contributed by atoms with Crippen molar-refractivity contribution in [1.82, 2.24) is 9.55 Å². The van der Waals surface area contributed by atoms with Crippen LogP contribution in [0.3, 0.4) is 0 Å². The first-order chi connectivity index (χ1) is 16.4. The molecule has 0 saturated carbocycles. The topological polar surface area (TPSA) is 97.7 Å². The van der Waals surface area contributed by atoms with Gasteiger partial charge in [-0.2, -0.15) is 0 Å². The van der Waals surface area contributed by atoms with Crippen LogP contribution in [0, 0.1) is 24.4 Å². The molecule has 7 nitrogen and oxygen atoms in total. The van der Waals surface area contributed by atoms with Crippen molar-refractivity contribution in [3.8, 4) is 11.4 Å². The third-order valence-corrected chi connectivity index (χ3v) is 4.95. The van der Waals surface area contributed by atoms with E-state index in [1.165, 1.54) is 19.9 Å². The zero-order valence-corrected chi connectivity index (χ0v) is 19.7. The van der Waals surface area contributed by atoms with Crippen molar-refractivity contribution in [2.75, 3.05) is 12.4 Å². The molecule has 0 spiro atoms. The maximum absolute atomic E-state index is 13.6. The minimum atomic E-state index is -1.60. The van der Waals surface area contributed by atoms with Gasteiger partial charge in [-0.15, -0.1) is 0 Å². The van der Waals surface area contributed by atoms with E-state index >= 15 is 0 Å². The number of aliphatic imine (C=N–C) groups is 1. The molecular formula is C25H26F3N5O2. The van der Waals surface area contributed by atoms with Crippen LogP contribution in [-0.2, 0) is 0 Å². The number of hydrogen-bond donors (Lipinski definition) is 3. The summed E-state index contributed by atoms with van der Waals surface area (Å²) in [5, 5.41) is 13.6. The third kappa shape index (κ3) is 6.10. The minimum Gasteiger partial charge on any atom is -0.494 e. The molecule has 0 radical (unpaired) electrons. The lowest BCUT2D eigenvalue weighted by Crippen LogP contribution is -2.31. The predicted octanol–water partition coefficient (Wildman–Crippen LogP) is 4.70. The number of rotatable bonds is 8. The molecule has 10 heteroatoms. The number of methoxy groups -OCH3 is 1. The van der Waals surface area contributed by atoms with Gasteiger partial charge in [0.25, 0.3) is 0 Å². The maximum Gasteiger partial charge on any atom is 0.194 e. The monoisotopic (exact) mass is 485 g/mol. The number of hydrogen-bond acceptors (Lipinski definition) is 6. The van der Waals surface area contributed by atoms with Gasteiger partial charge in [-0.25, -0.2) is 23.1 Å². The van der Waals surface area contributed by atoms with Crippen LogP contribution in [0.2, 0.25) is 0 Å². The summed E-state index contributed by atoms with van der Waals surface area (Å²) in [5.74, 6) is -3.65. The number of imidazole rings is 1. The summed E-state index contributed by atoms with van der Waals surface area (Å²) in [7, 11) is 1.54. The van der Waals surface area contributed by atoms with Crippen molar-refractivity contribution in [1.29, 1.82) is 0 Å². The highest BCUT2D eigenvalue weighted by atomic mass is 19.2. The SMILES string of the molecule is C=C(/N=C(\C=C(/N)c1cc(F)c(F)c(F)c1)C(C)(C)O)Nc1ccc(-n2cnc(C)c2)c(OC)c1. The highest BCUT2D eigenvalue weighted by Gasteiger charge is 2.21. The predicted molar refractivity (Wildman–Crippen MR) is 130 cm³/mol. The Morgan fingerprint density at radius 2 is 1.89 bits per heavy atom. The van der Waals surface area contributed by atoms with Gasteiger partial charge in [0.1, 0.15) is 17.2 Å². The van der Waals surface area contributed by atoms with Crippen molar-refractivity contribution < 1.29 is 23.0 Å². The molecule has 0 aliphatic heterocycles. The number of halogens is 3. The molecule has 0 aliphatic carbocycles. The quantitative estimate of drug-likeness (QED) is 0.317. The first-order valence-electron chi connectivity index (χ1n) is 10.5. The molecule has 0 atom stereocenters. The van der Waals surface area contributed by atoms with Gasteiger partial charge in [-0.3, -0.25) is 0 Å². The number of aryl methyl sites for hydroxylation is 1. The van der Waals surface area contributed by atoms with Crippen molar-refractivity contribution >= 4 is 17.1 Å². The van der Waals surface area contributed by atoms with Crippen molar-refractivity contribution in [2.24, 2.45) is 10.7 Å². The van der Waals surface area contributed by atoms with Gasteiger partial charge in [-0.05, 0) is 51.1 Å². The highest BCUT2D eigenvalue weighted by molar-refractivity contribution is 6.06. The van der Waals surface area contributed by atoms with Crippen molar-refractivity contribution in [3.63, 3.8) is 0 Å². The molecule has 35 heavy (non-hydrogen) atoms. The van der Waals surface area contributed by atoms with Crippen LogP contribution in [0.5, 0.6) is 5.75 Å². The molecule has 184 valence electrons. The summed E-state index contributed by atoms with van der Waals surface area (Å²) in [4.78, 5) is 8.51. The van der Waals surface area contributed by atoms with Crippen molar-refractivity contribution in [3.05, 3.63) is 90.0 Å². The fourth-order valence-electron chi connectivity index (χ4n) is 3.16. The second-order valence-electron chi connectivity index (χ2n) is 8.29. The van der Waals surface area contributed by atoms with E-state index in [9.17, 15) is 18.3 Å². The van der Waals surface area contributed by atoms with Crippen molar-refractivity contribution in [2.45, 2.75) is 26.4 Å². The van der Waals surface area contributed by atoms with Gasteiger partial charge >= 0.3 is 0 Å². The lowest BCUT2D eigenvalue weighted by atomic mass is 10.00. The Hall–Kier alpha value is -4.05. The molecule has 3 aromatic rings. The first kappa shape index (κ1) is 25.6. The number of aromatic nitrogens is 2. The number of benzene rings is 2. The summed E-state index contributed by atoms with van der Waals surface area (Å²) in [6, 6.07) is 6.87. The summed E-state index contributed by atoms with van der Waals surface area (Å²) >= 11 is 0. The molecule has 1 aromatic heterocycles. The van der Waals surface area contributed by atoms with Crippen LogP contribution in [0.1, 0.15) is 25.1 Å². The van der Waals surface area contributed by atoms with E-state index in [0.29, 0.717) is 11.4 Å². The molecule has 0 amide bonds. The van der Waals surface area contributed by atoms with Crippen LogP contribution >= 0.6 is 0 Å². The Bertz CT molecular complexity index is 1300. The largest absolute Gasteiger partial charge is 0.494 e. The lowest BCUT2D eigenvalue weighted by molar-refractivity contribution is 0.155. The minimum absolute atomic E-state index is 0.0510. The number of anilines is 1. The van der Waals surface area contributed by atoms with Gasteiger partial charge in [-0.1, -0.05) is 6.58 Å². The van der Waals surface area contributed by atoms with Gasteiger partial charge in [0.2, 0.25) is 0 Å². The average molecular weight is 486 g/mol. The maximum atomic E-state index is 13.6. The van der Waals surface area contributed by atoms with Gasteiger partial charge < -0.3 is 25.5 Å². The zero-order valence-electron chi connectivity index (χ0n) is 19.7. The molecule has 0 fully saturated rings. The van der Waals surface area contributed by atoms with Crippen LogP contribution in [0.15, 0.2) is 66.3 Å². The fourth-order valence-corrected chi connectivity index (χ4v) is 3.16. The Morgan fingerprint density at radius 3 is 2.43 bits per heavy atom. The number of nitrogens with one attached hydrogen (secondary N) is 1. The van der Waals surface area contributed by atoms with E-state index in [2.05, 4.69) is 21.9 Å².